The number of amides is 1. The summed E-state index contributed by atoms with van der Waals surface area (Å²) in [6.07, 6.45) is 6.75. The summed E-state index contributed by atoms with van der Waals surface area (Å²) in [6, 6.07) is 5.97. The van der Waals surface area contributed by atoms with Crippen molar-refractivity contribution in [1.29, 1.82) is 0 Å². The Bertz CT molecular complexity index is 688. The number of benzene rings is 1. The molecule has 0 saturated carbocycles. The van der Waals surface area contributed by atoms with Crippen molar-refractivity contribution in [3.63, 3.8) is 0 Å². The number of nitrogens with zero attached hydrogens (tertiary/aromatic N) is 2. The van der Waals surface area contributed by atoms with Crippen molar-refractivity contribution in [2.24, 2.45) is 0 Å². The average molecular weight is 297 g/mol. The van der Waals surface area contributed by atoms with Gasteiger partial charge in [-0.1, -0.05) is 17.7 Å². The van der Waals surface area contributed by atoms with E-state index in [-0.39, 0.29) is 5.91 Å². The Morgan fingerprint density at radius 3 is 2.95 bits per heavy atom. The number of carbonyl (C=O) groups is 1. The van der Waals surface area contributed by atoms with Crippen LogP contribution < -0.4 is 5.32 Å². The number of hydrogen-bond donors (Lipinski definition) is 1. The molecule has 0 fully saturated rings. The van der Waals surface area contributed by atoms with E-state index in [1.807, 2.05) is 38.2 Å². The van der Waals surface area contributed by atoms with Crippen molar-refractivity contribution in [3.05, 3.63) is 52.3 Å². The van der Waals surface area contributed by atoms with Gasteiger partial charge in [-0.05, 0) is 56.7 Å². The molecule has 1 N–H and O–H groups in total. The maximum Gasteiger partial charge on any atom is 0.251 e. The Morgan fingerprint density at radius 2 is 2.09 bits per heavy atom. The first kappa shape index (κ1) is 14.8. The molecule has 2 aromatic rings. The zero-order valence-electron chi connectivity index (χ0n) is 13.4. The van der Waals surface area contributed by atoms with Crippen LogP contribution in [-0.2, 0) is 19.4 Å². The Kier molecular flexibility index (Phi) is 4.27. The van der Waals surface area contributed by atoms with E-state index in [2.05, 4.69) is 15.1 Å². The lowest BCUT2D eigenvalue weighted by molar-refractivity contribution is 0.0951. The molecule has 4 heteroatoms. The molecule has 22 heavy (non-hydrogen) atoms. The van der Waals surface area contributed by atoms with E-state index in [9.17, 15) is 4.79 Å². The van der Waals surface area contributed by atoms with Crippen molar-refractivity contribution < 1.29 is 4.79 Å². The third-order valence-corrected chi connectivity index (χ3v) is 4.39. The van der Waals surface area contributed by atoms with Crippen LogP contribution in [0, 0.1) is 13.8 Å². The monoisotopic (exact) mass is 297 g/mol. The second-order valence-corrected chi connectivity index (χ2v) is 6.12. The van der Waals surface area contributed by atoms with Crippen LogP contribution in [0.4, 0.5) is 0 Å². The van der Waals surface area contributed by atoms with E-state index in [1.54, 1.807) is 0 Å². The van der Waals surface area contributed by atoms with Crippen LogP contribution in [0.1, 0.15) is 45.6 Å². The van der Waals surface area contributed by atoms with Gasteiger partial charge < -0.3 is 5.32 Å². The van der Waals surface area contributed by atoms with Crippen LogP contribution >= 0.6 is 0 Å². The zero-order chi connectivity index (χ0) is 15.5. The Hall–Kier alpha value is -2.10. The lowest BCUT2D eigenvalue weighted by atomic mass is 9.98. The summed E-state index contributed by atoms with van der Waals surface area (Å²) in [5.74, 6) is 0.00206. The van der Waals surface area contributed by atoms with Crippen LogP contribution in [0.2, 0.25) is 0 Å². The summed E-state index contributed by atoms with van der Waals surface area (Å²) in [7, 11) is 0. The first-order chi connectivity index (χ1) is 10.6. The minimum atomic E-state index is 0.00206. The number of hydrogen-bond acceptors (Lipinski definition) is 2. The van der Waals surface area contributed by atoms with Crippen LogP contribution in [-0.4, -0.2) is 22.2 Å². The fourth-order valence-corrected chi connectivity index (χ4v) is 3.10. The quantitative estimate of drug-likeness (QED) is 0.943. The second kappa shape index (κ2) is 6.34. The molecule has 1 aliphatic rings. The summed E-state index contributed by atoms with van der Waals surface area (Å²) < 4.78 is 2.05. The van der Waals surface area contributed by atoms with Gasteiger partial charge in [-0.3, -0.25) is 9.48 Å². The first-order valence-corrected chi connectivity index (χ1v) is 8.04. The van der Waals surface area contributed by atoms with Gasteiger partial charge in [0.25, 0.3) is 5.91 Å². The summed E-state index contributed by atoms with van der Waals surface area (Å²) >= 11 is 0. The fraction of sp³-hybridized carbons (Fsp3) is 0.444. The molecule has 3 rings (SSSR count). The molecule has 1 aromatic carbocycles. The van der Waals surface area contributed by atoms with Crippen molar-refractivity contribution >= 4 is 5.91 Å². The van der Waals surface area contributed by atoms with Gasteiger partial charge in [0.05, 0.1) is 12.7 Å². The number of aromatic nitrogens is 2. The van der Waals surface area contributed by atoms with E-state index >= 15 is 0 Å². The van der Waals surface area contributed by atoms with Crippen molar-refractivity contribution in [1.82, 2.24) is 15.1 Å². The predicted octanol–water partition coefficient (Wildman–Crippen LogP) is 2.81. The van der Waals surface area contributed by atoms with Gasteiger partial charge in [-0.2, -0.15) is 5.10 Å². The van der Waals surface area contributed by atoms with Gasteiger partial charge in [0.2, 0.25) is 0 Å². The Labute approximate surface area is 131 Å². The average Bonchev–Trinajstić information content (AvgIpc) is 2.93. The van der Waals surface area contributed by atoms with Crippen LogP contribution in [0.15, 0.2) is 24.4 Å². The van der Waals surface area contributed by atoms with Crippen LogP contribution in [0.5, 0.6) is 0 Å². The molecule has 1 amide bonds. The summed E-state index contributed by atoms with van der Waals surface area (Å²) in [5.41, 5.74) is 5.62. The molecule has 0 spiro atoms. The Morgan fingerprint density at radius 1 is 1.27 bits per heavy atom. The van der Waals surface area contributed by atoms with E-state index < -0.39 is 0 Å². The minimum absolute atomic E-state index is 0.00206. The summed E-state index contributed by atoms with van der Waals surface area (Å²) in [4.78, 5) is 12.3. The predicted molar refractivity (Wildman–Crippen MR) is 87.1 cm³/mol. The molecule has 0 bridgehead atoms. The molecule has 116 valence electrons. The number of fused-ring (bicyclic) bond motifs is 1. The van der Waals surface area contributed by atoms with Gasteiger partial charge in [0.1, 0.15) is 0 Å². The maximum absolute atomic E-state index is 12.3. The maximum atomic E-state index is 12.3. The lowest BCUT2D eigenvalue weighted by Gasteiger charge is -2.14. The lowest BCUT2D eigenvalue weighted by Crippen LogP contribution is -2.28. The molecule has 0 atom stereocenters. The highest BCUT2D eigenvalue weighted by atomic mass is 16.1. The fourth-order valence-electron chi connectivity index (χ4n) is 3.10. The molecular weight excluding hydrogens is 274 g/mol. The van der Waals surface area contributed by atoms with E-state index in [4.69, 9.17) is 0 Å². The number of rotatable bonds is 4. The molecule has 0 radical (unpaired) electrons. The third-order valence-electron chi connectivity index (χ3n) is 4.39. The second-order valence-electron chi connectivity index (χ2n) is 6.12. The molecule has 1 heterocycles. The van der Waals surface area contributed by atoms with Gasteiger partial charge in [0.15, 0.2) is 0 Å². The van der Waals surface area contributed by atoms with Gasteiger partial charge in [0, 0.05) is 17.8 Å². The molecule has 0 unspecified atom stereocenters. The standard InChI is InChI=1S/C18H23N3O/c1-13-7-8-14(2)16(11-13)18(22)19-9-10-21-17-6-4-3-5-15(17)12-20-21/h7-8,11-12H,3-6,9-10H2,1-2H3,(H,19,22). The summed E-state index contributed by atoms with van der Waals surface area (Å²) in [6.45, 7) is 5.33. The van der Waals surface area contributed by atoms with Gasteiger partial charge in [-0.25, -0.2) is 0 Å². The smallest absolute Gasteiger partial charge is 0.251 e. The normalized spacial score (nSPS) is 13.7. The van der Waals surface area contributed by atoms with Crippen LogP contribution in [0.3, 0.4) is 0 Å². The van der Waals surface area contributed by atoms with E-state index in [1.165, 1.54) is 24.1 Å². The number of carbonyl (C=O) groups excluding carboxylic acids is 1. The van der Waals surface area contributed by atoms with Crippen LogP contribution in [0.25, 0.3) is 0 Å². The van der Waals surface area contributed by atoms with E-state index in [0.29, 0.717) is 6.54 Å². The Balaban J connectivity index is 1.60. The molecular formula is C18H23N3O. The topological polar surface area (TPSA) is 46.9 Å². The van der Waals surface area contributed by atoms with Crippen molar-refractivity contribution in [2.45, 2.75) is 46.1 Å². The van der Waals surface area contributed by atoms with E-state index in [0.717, 1.165) is 36.1 Å². The third kappa shape index (κ3) is 3.06. The molecule has 0 aliphatic heterocycles. The highest BCUT2D eigenvalue weighted by Gasteiger charge is 2.15. The molecule has 1 aromatic heterocycles. The number of aryl methyl sites for hydroxylation is 3. The van der Waals surface area contributed by atoms with Crippen molar-refractivity contribution in [3.8, 4) is 0 Å². The van der Waals surface area contributed by atoms with Gasteiger partial charge in [-0.15, -0.1) is 0 Å². The minimum Gasteiger partial charge on any atom is -0.350 e. The largest absolute Gasteiger partial charge is 0.350 e. The highest BCUT2D eigenvalue weighted by Crippen LogP contribution is 2.20. The zero-order valence-corrected chi connectivity index (χ0v) is 13.4. The van der Waals surface area contributed by atoms with Crippen molar-refractivity contribution in [2.75, 3.05) is 6.54 Å². The molecule has 1 aliphatic carbocycles. The summed E-state index contributed by atoms with van der Waals surface area (Å²) in [5, 5.41) is 7.48. The highest BCUT2D eigenvalue weighted by molar-refractivity contribution is 5.95. The van der Waals surface area contributed by atoms with Gasteiger partial charge >= 0.3 is 0 Å². The number of nitrogens with one attached hydrogen (secondary N) is 1. The first-order valence-electron chi connectivity index (χ1n) is 8.04. The molecule has 0 saturated heterocycles. The SMILES string of the molecule is Cc1ccc(C)c(C(=O)NCCn2ncc3c2CCCC3)c1. The molecule has 4 nitrogen and oxygen atoms in total.